The number of anilines is 1. The lowest BCUT2D eigenvalue weighted by Gasteiger charge is -2.21. The van der Waals surface area contributed by atoms with E-state index in [1.165, 1.54) is 17.4 Å². The molecule has 0 aliphatic carbocycles. The van der Waals surface area contributed by atoms with Crippen LogP contribution in [0.5, 0.6) is 0 Å². The molecule has 0 bridgehead atoms. The molecule has 2 rings (SSSR count). The van der Waals surface area contributed by atoms with Crippen LogP contribution in [0, 0.1) is 5.82 Å². The summed E-state index contributed by atoms with van der Waals surface area (Å²) in [5.74, 6) is -0.101. The highest BCUT2D eigenvalue weighted by Gasteiger charge is 2.12. The first-order valence-electron chi connectivity index (χ1n) is 5.40. The Labute approximate surface area is 120 Å². The molecule has 0 saturated carbocycles. The van der Waals surface area contributed by atoms with Crippen LogP contribution < -0.4 is 4.90 Å². The van der Waals surface area contributed by atoms with Gasteiger partial charge in [-0.25, -0.2) is 4.39 Å². The van der Waals surface area contributed by atoms with Crippen LogP contribution in [-0.2, 0) is 12.4 Å². The minimum absolute atomic E-state index is 0.164. The van der Waals surface area contributed by atoms with E-state index in [0.717, 1.165) is 14.9 Å². The second-order valence-electron chi connectivity index (χ2n) is 3.93. The molecule has 0 saturated heterocycles. The Hall–Kier alpha value is -0.770. The lowest BCUT2D eigenvalue weighted by molar-refractivity contribution is 0.616. The van der Waals surface area contributed by atoms with Gasteiger partial charge in [-0.05, 0) is 24.3 Å². The molecule has 0 amide bonds. The lowest BCUT2D eigenvalue weighted by Crippen LogP contribution is -2.17. The summed E-state index contributed by atoms with van der Waals surface area (Å²) in [7, 11) is 1.92. The normalized spacial score (nSPS) is 10.7. The van der Waals surface area contributed by atoms with Gasteiger partial charge in [-0.3, -0.25) is 0 Å². The van der Waals surface area contributed by atoms with Gasteiger partial charge in [-0.1, -0.05) is 17.7 Å². The van der Waals surface area contributed by atoms with Crippen LogP contribution >= 0.6 is 34.5 Å². The molecule has 0 unspecified atom stereocenters. The second-order valence-corrected chi connectivity index (χ2v) is 6.00. The first-order chi connectivity index (χ1) is 8.61. The summed E-state index contributed by atoms with van der Waals surface area (Å²) in [5, 5.41) is 0. The third-order valence-electron chi connectivity index (χ3n) is 2.66. The van der Waals surface area contributed by atoms with E-state index in [2.05, 4.69) is 0 Å². The van der Waals surface area contributed by atoms with Crippen LogP contribution in [0.15, 0.2) is 30.3 Å². The van der Waals surface area contributed by atoms with Crippen molar-refractivity contribution < 1.29 is 4.39 Å². The molecule has 0 radical (unpaired) electrons. The first kappa shape index (κ1) is 13.7. The molecular weight excluding hydrogens is 292 g/mol. The van der Waals surface area contributed by atoms with E-state index < -0.39 is 0 Å². The maximum absolute atomic E-state index is 13.6. The molecular formula is C13H12Cl2FNS. The smallest absolute Gasteiger partial charge is 0.129 e. The van der Waals surface area contributed by atoms with Gasteiger partial charge in [0.25, 0.3) is 0 Å². The van der Waals surface area contributed by atoms with E-state index in [4.69, 9.17) is 23.2 Å². The Morgan fingerprint density at radius 2 is 2.06 bits per heavy atom. The molecule has 2 aromatic rings. The van der Waals surface area contributed by atoms with Gasteiger partial charge in [-0.15, -0.1) is 22.9 Å². The lowest BCUT2D eigenvalue weighted by atomic mass is 10.1. The average Bonchev–Trinajstić information content (AvgIpc) is 2.74. The minimum atomic E-state index is -0.265. The van der Waals surface area contributed by atoms with E-state index in [-0.39, 0.29) is 11.7 Å². The quantitative estimate of drug-likeness (QED) is 0.725. The molecule has 1 heterocycles. The number of hydrogen-bond acceptors (Lipinski definition) is 2. The van der Waals surface area contributed by atoms with Gasteiger partial charge in [0, 0.05) is 23.2 Å². The van der Waals surface area contributed by atoms with Crippen molar-refractivity contribution >= 4 is 40.2 Å². The van der Waals surface area contributed by atoms with Crippen molar-refractivity contribution in [3.05, 3.63) is 50.9 Å². The average molecular weight is 304 g/mol. The van der Waals surface area contributed by atoms with E-state index in [0.29, 0.717) is 12.1 Å². The number of rotatable bonds is 4. The fourth-order valence-electron chi connectivity index (χ4n) is 1.79. The van der Waals surface area contributed by atoms with Crippen molar-refractivity contribution in [2.75, 3.05) is 11.9 Å². The number of alkyl halides is 1. The van der Waals surface area contributed by atoms with Crippen LogP contribution in [0.2, 0.25) is 4.34 Å². The van der Waals surface area contributed by atoms with Gasteiger partial charge in [0.2, 0.25) is 0 Å². The standard InChI is InChI=1S/C13H12Cl2FNS/c1-17(8-9-5-6-13(15)18-9)12-4-2-3-11(16)10(12)7-14/h2-6H,7-8H2,1H3. The van der Waals surface area contributed by atoms with Crippen LogP contribution in [0.3, 0.4) is 0 Å². The first-order valence-corrected chi connectivity index (χ1v) is 7.13. The van der Waals surface area contributed by atoms with Crippen LogP contribution in [0.1, 0.15) is 10.4 Å². The van der Waals surface area contributed by atoms with Gasteiger partial charge in [0.1, 0.15) is 5.82 Å². The van der Waals surface area contributed by atoms with Crippen molar-refractivity contribution in [3.8, 4) is 0 Å². The number of nitrogens with zero attached hydrogens (tertiary/aromatic N) is 1. The number of benzene rings is 1. The summed E-state index contributed by atoms with van der Waals surface area (Å²) in [6, 6.07) is 8.83. The maximum Gasteiger partial charge on any atom is 0.129 e. The zero-order chi connectivity index (χ0) is 13.1. The van der Waals surface area contributed by atoms with Crippen LogP contribution in [0.25, 0.3) is 0 Å². The number of halogens is 3. The fourth-order valence-corrected chi connectivity index (χ4v) is 3.20. The monoisotopic (exact) mass is 303 g/mol. The summed E-state index contributed by atoms with van der Waals surface area (Å²) >= 11 is 13.2. The van der Waals surface area contributed by atoms with Crippen molar-refractivity contribution in [1.82, 2.24) is 0 Å². The molecule has 0 aliphatic rings. The molecule has 0 atom stereocenters. The zero-order valence-corrected chi connectivity index (χ0v) is 12.1. The van der Waals surface area contributed by atoms with Crippen molar-refractivity contribution in [3.63, 3.8) is 0 Å². The van der Waals surface area contributed by atoms with Crippen molar-refractivity contribution in [2.45, 2.75) is 12.4 Å². The molecule has 5 heteroatoms. The summed E-state index contributed by atoms with van der Waals surface area (Å²) in [6.07, 6.45) is 0. The van der Waals surface area contributed by atoms with E-state index in [1.807, 2.05) is 30.1 Å². The Kier molecular flexibility index (Phi) is 4.49. The molecule has 1 aromatic heterocycles. The Morgan fingerprint density at radius 1 is 1.28 bits per heavy atom. The molecule has 0 aliphatic heterocycles. The highest BCUT2D eigenvalue weighted by molar-refractivity contribution is 7.16. The van der Waals surface area contributed by atoms with Gasteiger partial charge in [0.15, 0.2) is 0 Å². The summed E-state index contributed by atoms with van der Waals surface area (Å²) in [5.41, 5.74) is 1.35. The highest BCUT2D eigenvalue weighted by Crippen LogP contribution is 2.28. The van der Waals surface area contributed by atoms with Gasteiger partial charge in [-0.2, -0.15) is 0 Å². The highest BCUT2D eigenvalue weighted by atomic mass is 35.5. The number of hydrogen-bond donors (Lipinski definition) is 0. The van der Waals surface area contributed by atoms with Crippen LogP contribution in [0.4, 0.5) is 10.1 Å². The van der Waals surface area contributed by atoms with Crippen molar-refractivity contribution in [1.29, 1.82) is 0 Å². The van der Waals surface area contributed by atoms with E-state index in [9.17, 15) is 4.39 Å². The van der Waals surface area contributed by atoms with Crippen LogP contribution in [-0.4, -0.2) is 7.05 Å². The minimum Gasteiger partial charge on any atom is -0.369 e. The predicted molar refractivity (Wildman–Crippen MR) is 77.4 cm³/mol. The van der Waals surface area contributed by atoms with E-state index in [1.54, 1.807) is 6.07 Å². The SMILES string of the molecule is CN(Cc1ccc(Cl)s1)c1cccc(F)c1CCl. The summed E-state index contributed by atoms with van der Waals surface area (Å²) in [4.78, 5) is 3.11. The molecule has 1 nitrogen and oxygen atoms in total. The number of thiophene rings is 1. The maximum atomic E-state index is 13.6. The predicted octanol–water partition coefficient (Wildman–Crippen LogP) is 4.92. The topological polar surface area (TPSA) is 3.24 Å². The molecule has 96 valence electrons. The summed E-state index contributed by atoms with van der Waals surface area (Å²) in [6.45, 7) is 0.685. The third kappa shape index (κ3) is 2.97. The van der Waals surface area contributed by atoms with Gasteiger partial charge >= 0.3 is 0 Å². The molecule has 0 spiro atoms. The summed E-state index contributed by atoms with van der Waals surface area (Å²) < 4.78 is 14.4. The Balaban J connectivity index is 2.23. The van der Waals surface area contributed by atoms with Crippen molar-refractivity contribution in [2.24, 2.45) is 0 Å². The molecule has 18 heavy (non-hydrogen) atoms. The zero-order valence-electron chi connectivity index (χ0n) is 9.79. The molecule has 0 fully saturated rings. The van der Waals surface area contributed by atoms with E-state index >= 15 is 0 Å². The van der Waals surface area contributed by atoms with Gasteiger partial charge < -0.3 is 4.90 Å². The largest absolute Gasteiger partial charge is 0.369 e. The molecule has 1 aromatic carbocycles. The Bertz CT molecular complexity index is 542. The molecule has 0 N–H and O–H groups in total. The van der Waals surface area contributed by atoms with Gasteiger partial charge in [0.05, 0.1) is 16.8 Å². The second kappa shape index (κ2) is 5.91. The third-order valence-corrected chi connectivity index (χ3v) is 4.14. The fraction of sp³-hybridized carbons (Fsp3) is 0.231. The Morgan fingerprint density at radius 3 is 2.67 bits per heavy atom.